The quantitative estimate of drug-likeness (QED) is 0.332. The van der Waals surface area contributed by atoms with Gasteiger partial charge in [0.25, 0.3) is 5.91 Å². The molecular weight excluding hydrogens is 505 g/mol. The minimum Gasteiger partial charge on any atom is -0.494 e. The van der Waals surface area contributed by atoms with Crippen molar-refractivity contribution in [3.8, 4) is 17.0 Å². The largest absolute Gasteiger partial charge is 0.494 e. The van der Waals surface area contributed by atoms with E-state index in [0.29, 0.717) is 22.7 Å². The third kappa shape index (κ3) is 4.45. The number of nitrogens with two attached hydrogens (primary N) is 1. The Kier molecular flexibility index (Phi) is 5.16. The van der Waals surface area contributed by atoms with E-state index in [9.17, 15) is 14.2 Å². The second-order valence-electron chi connectivity index (χ2n) is 10.1. The van der Waals surface area contributed by atoms with E-state index < -0.39 is 20.0 Å². The smallest absolute Gasteiger partial charge is 0.271 e. The van der Waals surface area contributed by atoms with Gasteiger partial charge in [-0.2, -0.15) is 5.10 Å². The summed E-state index contributed by atoms with van der Waals surface area (Å²) in [5.74, 6) is -0.603. The van der Waals surface area contributed by atoms with Crippen molar-refractivity contribution in [1.29, 1.82) is 0 Å². The minimum atomic E-state index is -2.97. The van der Waals surface area contributed by atoms with Gasteiger partial charge in [-0.15, -0.1) is 10.2 Å². The molecule has 3 aliphatic rings. The Balaban J connectivity index is 1.40. The summed E-state index contributed by atoms with van der Waals surface area (Å²) in [5, 5.41) is 18.1. The average Bonchev–Trinajstić information content (AvgIpc) is 3.78. The predicted molar refractivity (Wildman–Crippen MR) is 144 cm³/mol. The summed E-state index contributed by atoms with van der Waals surface area (Å²) in [7, 11) is -1.52. The highest BCUT2D eigenvalue weighted by Crippen LogP contribution is 2.69. The Bertz CT molecular complexity index is 1580. The Morgan fingerprint density at radius 2 is 1.84 bits per heavy atom. The van der Waals surface area contributed by atoms with Gasteiger partial charge in [0.1, 0.15) is 7.14 Å². The third-order valence-corrected chi connectivity index (χ3v) is 11.5. The van der Waals surface area contributed by atoms with Gasteiger partial charge in [-0.3, -0.25) is 14.3 Å². The van der Waals surface area contributed by atoms with Crippen LogP contribution in [0.1, 0.15) is 53.1 Å². The molecule has 3 aromatic rings. The van der Waals surface area contributed by atoms with Crippen LogP contribution in [0, 0.1) is 5.92 Å². The average molecular weight is 539 g/mol. The molecule has 198 valence electrons. The van der Waals surface area contributed by atoms with Crippen LogP contribution in [0.3, 0.4) is 0 Å². The summed E-state index contributed by atoms with van der Waals surface area (Å²) >= 11 is 0. The number of nitrogens with zero attached hydrogens (tertiary/aromatic N) is 4. The maximum absolute atomic E-state index is 14.3. The number of carbonyl (C=O) groups excluding carboxylic acids is 2. The maximum atomic E-state index is 14.3. The number of carbonyl (C=O) groups is 2. The van der Waals surface area contributed by atoms with Crippen LogP contribution in [0.5, 0.6) is 5.75 Å². The number of primary amides is 1. The molecule has 6 rings (SSSR count). The van der Waals surface area contributed by atoms with Gasteiger partial charge in [0, 0.05) is 40.0 Å². The first-order chi connectivity index (χ1) is 19.5. The van der Waals surface area contributed by atoms with Crippen LogP contribution in [0.4, 0.5) is 17.2 Å². The molecule has 3 saturated carbocycles. The molecule has 3 fully saturated rings. The number of hydrogen-bond acceptors (Lipinski definition) is 8. The van der Waals surface area contributed by atoms with Crippen LogP contribution in [0.15, 0.2) is 30.3 Å². The molecule has 2 amide bonds. The van der Waals surface area contributed by atoms with Crippen LogP contribution >= 0.6 is 7.14 Å². The van der Waals surface area contributed by atoms with Crippen LogP contribution in [0.25, 0.3) is 11.3 Å². The molecule has 0 radical (unpaired) electrons. The number of methoxy groups -OCH3 is 1. The summed E-state index contributed by atoms with van der Waals surface area (Å²) < 4.78 is 45.4. The molecule has 0 atom stereocenters. The second-order valence-corrected chi connectivity index (χ2v) is 13.4. The molecule has 12 heteroatoms. The molecular formula is C26H30N7O4P. The molecule has 4 N–H and O–H groups in total. The molecule has 2 heterocycles. The molecule has 3 aliphatic carbocycles. The highest BCUT2D eigenvalue weighted by Gasteiger charge is 2.53. The number of aromatic nitrogens is 4. The SMILES string of the molecule is [2H]C([2H])([2H])n1nc(-c2cccc(Nc3cc(NC(=O)C4CC4)nnc3C(N)=O)c2OC)cc1P(=O)(C1CC1)C1CC1. The Morgan fingerprint density at radius 1 is 1.11 bits per heavy atom. The van der Waals surface area contributed by atoms with Crippen molar-refractivity contribution in [2.24, 2.45) is 18.6 Å². The van der Waals surface area contributed by atoms with Gasteiger partial charge in [-0.25, -0.2) is 0 Å². The Labute approximate surface area is 224 Å². The molecule has 0 bridgehead atoms. The fraction of sp³-hybridized carbons (Fsp3) is 0.423. The van der Waals surface area contributed by atoms with Crippen molar-refractivity contribution in [3.63, 3.8) is 0 Å². The van der Waals surface area contributed by atoms with E-state index in [1.54, 1.807) is 24.3 Å². The van der Waals surface area contributed by atoms with Crippen LogP contribution in [-0.4, -0.2) is 50.2 Å². The standard InChI is InChI=1S/C26H30N7O4P/c1-33-22(38(36,15-8-9-15)16-10-11-16)13-19(32-33)17-4-3-5-18(24(17)37-2)28-20-12-21(29-26(35)14-6-7-14)30-31-23(20)25(27)34/h3-5,12-16H,6-11H2,1-2H3,(H2,27,34)(H2,28,29,30,35)/i1D3. The summed E-state index contributed by atoms with van der Waals surface area (Å²) in [5.41, 5.74) is 7.02. The monoisotopic (exact) mass is 538 g/mol. The molecule has 38 heavy (non-hydrogen) atoms. The highest BCUT2D eigenvalue weighted by molar-refractivity contribution is 7.73. The van der Waals surface area contributed by atoms with Gasteiger partial charge in [0.05, 0.1) is 29.6 Å². The molecule has 11 nitrogen and oxygen atoms in total. The van der Waals surface area contributed by atoms with Gasteiger partial charge in [-0.05, 0) is 56.7 Å². The summed E-state index contributed by atoms with van der Waals surface area (Å²) in [6.45, 7) is -2.61. The zero-order chi connectivity index (χ0) is 29.1. The van der Waals surface area contributed by atoms with E-state index >= 15 is 0 Å². The minimum absolute atomic E-state index is 0.00319. The number of rotatable bonds is 10. The van der Waals surface area contributed by atoms with Crippen molar-refractivity contribution in [1.82, 2.24) is 20.0 Å². The Hall–Kier alpha value is -3.72. The summed E-state index contributed by atoms with van der Waals surface area (Å²) in [4.78, 5) is 24.4. The molecule has 0 spiro atoms. The summed E-state index contributed by atoms with van der Waals surface area (Å²) in [6.07, 6.45) is 4.91. The first-order valence-electron chi connectivity index (χ1n) is 14.1. The zero-order valence-corrected chi connectivity index (χ0v) is 21.7. The first-order valence-corrected chi connectivity index (χ1v) is 14.5. The normalized spacial score (nSPS) is 18.7. The van der Waals surface area contributed by atoms with Crippen LogP contribution in [0.2, 0.25) is 0 Å². The van der Waals surface area contributed by atoms with Crippen LogP contribution in [-0.2, 0) is 16.3 Å². The number of benzene rings is 1. The lowest BCUT2D eigenvalue weighted by Crippen LogP contribution is -2.20. The van der Waals surface area contributed by atoms with E-state index in [1.807, 2.05) is 0 Å². The van der Waals surface area contributed by atoms with Gasteiger partial charge >= 0.3 is 0 Å². The Morgan fingerprint density at radius 3 is 2.45 bits per heavy atom. The molecule has 2 aromatic heterocycles. The van der Waals surface area contributed by atoms with Crippen molar-refractivity contribution in [2.75, 3.05) is 17.7 Å². The van der Waals surface area contributed by atoms with Crippen molar-refractivity contribution >= 4 is 41.6 Å². The third-order valence-electron chi connectivity index (χ3n) is 7.22. The lowest BCUT2D eigenvalue weighted by atomic mass is 10.1. The highest BCUT2D eigenvalue weighted by atomic mass is 31.2. The van der Waals surface area contributed by atoms with Gasteiger partial charge < -0.3 is 25.7 Å². The topological polar surface area (TPSA) is 154 Å². The fourth-order valence-corrected chi connectivity index (χ4v) is 8.69. The van der Waals surface area contributed by atoms with E-state index in [2.05, 4.69) is 25.9 Å². The fourth-order valence-electron chi connectivity index (χ4n) is 4.85. The lowest BCUT2D eigenvalue weighted by Gasteiger charge is -2.17. The number of para-hydroxylation sites is 1. The van der Waals surface area contributed by atoms with E-state index in [1.165, 1.54) is 13.2 Å². The van der Waals surface area contributed by atoms with E-state index in [4.69, 9.17) is 14.6 Å². The predicted octanol–water partition coefficient (Wildman–Crippen LogP) is 3.39. The van der Waals surface area contributed by atoms with Gasteiger partial charge in [0.15, 0.2) is 17.3 Å². The number of amides is 2. The van der Waals surface area contributed by atoms with Gasteiger partial charge in [0.2, 0.25) is 5.91 Å². The number of aryl methyl sites for hydroxylation is 1. The molecule has 0 unspecified atom stereocenters. The van der Waals surface area contributed by atoms with E-state index in [-0.39, 0.29) is 45.8 Å². The number of nitrogens with one attached hydrogen (secondary N) is 2. The molecule has 0 aliphatic heterocycles. The number of hydrogen-bond donors (Lipinski definition) is 3. The lowest BCUT2D eigenvalue weighted by molar-refractivity contribution is -0.117. The zero-order valence-electron chi connectivity index (χ0n) is 23.8. The first kappa shape index (κ1) is 21.2. The second kappa shape index (κ2) is 9.23. The number of anilines is 3. The molecule has 0 saturated heterocycles. The van der Waals surface area contributed by atoms with Crippen molar-refractivity contribution < 1.29 is 23.0 Å². The maximum Gasteiger partial charge on any atom is 0.271 e. The summed E-state index contributed by atoms with van der Waals surface area (Å²) in [6, 6.07) is 8.21. The van der Waals surface area contributed by atoms with E-state index in [0.717, 1.165) is 43.2 Å². The molecule has 1 aromatic carbocycles. The van der Waals surface area contributed by atoms with Gasteiger partial charge in [-0.1, -0.05) is 6.07 Å². The number of ether oxygens (including phenoxy) is 1. The van der Waals surface area contributed by atoms with Crippen molar-refractivity contribution in [3.05, 3.63) is 36.0 Å². The van der Waals surface area contributed by atoms with Crippen LogP contribution < -0.4 is 26.5 Å². The van der Waals surface area contributed by atoms with Crippen molar-refractivity contribution in [2.45, 2.75) is 49.8 Å².